The number of pyridine rings is 1. The quantitative estimate of drug-likeness (QED) is 0.560. The summed E-state index contributed by atoms with van der Waals surface area (Å²) in [6.45, 7) is 4.18. The Morgan fingerprint density at radius 3 is 2.63 bits per heavy atom. The number of benzene rings is 1. The van der Waals surface area contributed by atoms with Gasteiger partial charge >= 0.3 is 0 Å². The van der Waals surface area contributed by atoms with Gasteiger partial charge in [0.05, 0.1) is 22.8 Å². The average molecular weight is 384 g/mol. The summed E-state index contributed by atoms with van der Waals surface area (Å²) in [7, 11) is -1.35. The smallest absolute Gasteiger partial charge is 0.175 e. The molecule has 0 saturated heterocycles. The molecule has 3 aromatic heterocycles. The van der Waals surface area contributed by atoms with Gasteiger partial charge in [0.15, 0.2) is 15.7 Å². The topological polar surface area (TPSA) is 106 Å². The zero-order valence-electron chi connectivity index (χ0n) is 15.5. The highest BCUT2D eigenvalue weighted by Crippen LogP contribution is 2.31. The molecule has 0 aliphatic carbocycles. The van der Waals surface area contributed by atoms with E-state index in [0.717, 1.165) is 22.4 Å². The molecule has 0 fully saturated rings. The van der Waals surface area contributed by atoms with Crippen molar-refractivity contribution < 1.29 is 8.42 Å². The van der Waals surface area contributed by atoms with E-state index in [9.17, 15) is 8.42 Å². The molecule has 1 aromatic carbocycles. The second kappa shape index (κ2) is 6.05. The molecular weight excluding hydrogens is 364 g/mol. The van der Waals surface area contributed by atoms with Gasteiger partial charge in [0, 0.05) is 30.0 Å². The zero-order chi connectivity index (χ0) is 19.3. The van der Waals surface area contributed by atoms with Gasteiger partial charge in [-0.05, 0) is 18.2 Å². The van der Waals surface area contributed by atoms with Crippen LogP contribution in [-0.4, -0.2) is 39.4 Å². The van der Waals surface area contributed by atoms with E-state index in [4.69, 9.17) is 0 Å². The number of anilines is 2. The van der Waals surface area contributed by atoms with Crippen molar-refractivity contribution in [2.24, 2.45) is 7.05 Å². The molecule has 0 atom stereocenters. The van der Waals surface area contributed by atoms with Gasteiger partial charge in [-0.2, -0.15) is 5.10 Å². The maximum absolute atomic E-state index is 11.9. The minimum Gasteiger partial charge on any atom is -0.323 e. The van der Waals surface area contributed by atoms with E-state index in [0.29, 0.717) is 22.8 Å². The van der Waals surface area contributed by atoms with Crippen LogP contribution in [0.2, 0.25) is 0 Å². The van der Waals surface area contributed by atoms with E-state index < -0.39 is 9.84 Å². The largest absolute Gasteiger partial charge is 0.323 e. The van der Waals surface area contributed by atoms with Gasteiger partial charge in [0.2, 0.25) is 0 Å². The first kappa shape index (κ1) is 17.5. The maximum Gasteiger partial charge on any atom is 0.175 e. The van der Waals surface area contributed by atoms with E-state index >= 15 is 0 Å². The van der Waals surface area contributed by atoms with Crippen molar-refractivity contribution in [2.75, 3.05) is 11.6 Å². The number of nitrogens with one attached hydrogen (secondary N) is 2. The molecule has 9 heteroatoms. The molecule has 27 heavy (non-hydrogen) atoms. The molecule has 0 amide bonds. The number of aromatic nitrogens is 5. The molecule has 4 aromatic rings. The monoisotopic (exact) mass is 384 g/mol. The summed E-state index contributed by atoms with van der Waals surface area (Å²) in [5.74, 6) is 2.70. The van der Waals surface area contributed by atoms with E-state index in [1.54, 1.807) is 30.6 Å². The fourth-order valence-electron chi connectivity index (χ4n) is 3.19. The number of sulfone groups is 1. The molecule has 0 bridgehead atoms. The first-order valence-electron chi connectivity index (χ1n) is 8.51. The molecule has 8 nitrogen and oxygen atoms in total. The van der Waals surface area contributed by atoms with Gasteiger partial charge in [-0.15, -0.1) is 0 Å². The first-order valence-corrected chi connectivity index (χ1v) is 10.4. The number of hydrogen-bond donors (Lipinski definition) is 2. The number of hydrogen-bond acceptors (Lipinski definition) is 6. The van der Waals surface area contributed by atoms with Crippen molar-refractivity contribution in [3.05, 3.63) is 36.4 Å². The summed E-state index contributed by atoms with van der Waals surface area (Å²) in [6, 6.07) is 4.92. The Balaban J connectivity index is 1.88. The lowest BCUT2D eigenvalue weighted by molar-refractivity contribution is 0.602. The van der Waals surface area contributed by atoms with Crippen molar-refractivity contribution in [3.8, 4) is 0 Å². The fraction of sp³-hybridized carbons (Fsp3) is 0.278. The summed E-state index contributed by atoms with van der Waals surface area (Å²) in [4.78, 5) is 9.39. The van der Waals surface area contributed by atoms with Gasteiger partial charge < -0.3 is 9.88 Å². The second-order valence-corrected chi connectivity index (χ2v) is 8.93. The Hall–Kier alpha value is -2.94. The third-order valence-corrected chi connectivity index (χ3v) is 5.69. The van der Waals surface area contributed by atoms with Crippen LogP contribution in [0.5, 0.6) is 0 Å². The molecule has 2 N–H and O–H groups in total. The fourth-order valence-corrected chi connectivity index (χ4v) is 3.84. The Morgan fingerprint density at radius 2 is 1.96 bits per heavy atom. The van der Waals surface area contributed by atoms with E-state index in [1.165, 1.54) is 6.26 Å². The van der Waals surface area contributed by atoms with Crippen LogP contribution in [0, 0.1) is 0 Å². The van der Waals surface area contributed by atoms with Crippen LogP contribution in [0.15, 0.2) is 35.5 Å². The summed E-state index contributed by atoms with van der Waals surface area (Å²) >= 11 is 0. The summed E-state index contributed by atoms with van der Waals surface area (Å²) in [6.07, 6.45) is 4.65. The van der Waals surface area contributed by atoms with Crippen molar-refractivity contribution in [1.29, 1.82) is 0 Å². The van der Waals surface area contributed by atoms with Crippen LogP contribution < -0.4 is 5.32 Å². The van der Waals surface area contributed by atoms with E-state index in [-0.39, 0.29) is 4.90 Å². The lowest BCUT2D eigenvalue weighted by Crippen LogP contribution is -2.05. The molecular formula is C18H20N6O2S. The average Bonchev–Trinajstić information content (AvgIpc) is 3.21. The molecule has 0 saturated carbocycles. The third kappa shape index (κ3) is 2.93. The number of H-pyrrole nitrogens is 1. The lowest BCUT2D eigenvalue weighted by atomic mass is 10.1. The van der Waals surface area contributed by atoms with Crippen LogP contribution in [0.1, 0.15) is 25.6 Å². The Bertz CT molecular complexity index is 1270. The minimum atomic E-state index is -3.30. The highest BCUT2D eigenvalue weighted by molar-refractivity contribution is 7.90. The SMILES string of the molecule is CC(C)c1ncc(Nc2nc3ccc(S(C)(=O)=O)cc3c3cn[nH]c23)n1C. The number of nitrogens with zero attached hydrogens (tertiary/aromatic N) is 4. The van der Waals surface area contributed by atoms with Crippen LogP contribution >= 0.6 is 0 Å². The number of aromatic amines is 1. The first-order chi connectivity index (χ1) is 12.8. The van der Waals surface area contributed by atoms with Gasteiger partial charge in [0.25, 0.3) is 0 Å². The molecule has 140 valence electrons. The van der Waals surface area contributed by atoms with Crippen molar-refractivity contribution in [3.63, 3.8) is 0 Å². The molecule has 0 unspecified atom stereocenters. The van der Waals surface area contributed by atoms with Crippen molar-refractivity contribution >= 4 is 43.3 Å². The van der Waals surface area contributed by atoms with Crippen molar-refractivity contribution in [2.45, 2.75) is 24.7 Å². The standard InChI is InChI=1S/C18H20N6O2S/c1-10(2)18-19-9-15(24(18)3)22-17-16-13(8-20-23-16)12-7-11(27(4,25)26)5-6-14(12)21-17/h5-10H,1-4H3,(H,20,23)(H,21,22). The third-order valence-electron chi connectivity index (χ3n) is 4.58. The molecule has 4 rings (SSSR count). The van der Waals surface area contributed by atoms with Crippen LogP contribution in [-0.2, 0) is 16.9 Å². The Labute approximate surface area is 156 Å². The molecule has 3 heterocycles. The maximum atomic E-state index is 11.9. The molecule has 0 spiro atoms. The van der Waals surface area contributed by atoms with Gasteiger partial charge in [-0.1, -0.05) is 13.8 Å². The van der Waals surface area contributed by atoms with Crippen LogP contribution in [0.4, 0.5) is 11.6 Å². The molecule has 0 aliphatic heterocycles. The minimum absolute atomic E-state index is 0.258. The van der Waals surface area contributed by atoms with Crippen molar-refractivity contribution in [1.82, 2.24) is 24.7 Å². The Morgan fingerprint density at radius 1 is 1.19 bits per heavy atom. The molecule has 0 aliphatic rings. The lowest BCUT2D eigenvalue weighted by Gasteiger charge is -2.11. The number of fused-ring (bicyclic) bond motifs is 3. The summed E-state index contributed by atoms with van der Waals surface area (Å²) in [5.41, 5.74) is 1.39. The molecule has 0 radical (unpaired) electrons. The number of imidazole rings is 1. The highest BCUT2D eigenvalue weighted by atomic mass is 32.2. The van der Waals surface area contributed by atoms with Crippen LogP contribution in [0.25, 0.3) is 21.8 Å². The predicted molar refractivity (Wildman–Crippen MR) is 105 cm³/mol. The highest BCUT2D eigenvalue weighted by Gasteiger charge is 2.16. The van der Waals surface area contributed by atoms with Crippen LogP contribution in [0.3, 0.4) is 0 Å². The van der Waals surface area contributed by atoms with Gasteiger partial charge in [0.1, 0.15) is 17.2 Å². The summed E-state index contributed by atoms with van der Waals surface area (Å²) in [5, 5.41) is 11.9. The normalized spacial score (nSPS) is 12.3. The summed E-state index contributed by atoms with van der Waals surface area (Å²) < 4.78 is 25.8. The Kier molecular flexibility index (Phi) is 3.92. The van der Waals surface area contributed by atoms with Gasteiger partial charge in [-0.25, -0.2) is 18.4 Å². The van der Waals surface area contributed by atoms with E-state index in [1.807, 2.05) is 11.6 Å². The predicted octanol–water partition coefficient (Wildman–Crippen LogP) is 3.12. The number of rotatable bonds is 4. The second-order valence-electron chi connectivity index (χ2n) is 6.91. The zero-order valence-corrected chi connectivity index (χ0v) is 16.3. The van der Waals surface area contributed by atoms with Gasteiger partial charge in [-0.3, -0.25) is 5.10 Å². The van der Waals surface area contributed by atoms with E-state index in [2.05, 4.69) is 39.3 Å².